The van der Waals surface area contributed by atoms with Crippen molar-refractivity contribution in [2.45, 2.75) is 52.3 Å². The van der Waals surface area contributed by atoms with Crippen LogP contribution in [0.3, 0.4) is 0 Å². The molecule has 186 valence electrons. The first-order chi connectivity index (χ1) is 17.1. The zero-order valence-electron chi connectivity index (χ0n) is 21.0. The molecule has 1 unspecified atom stereocenters. The van der Waals surface area contributed by atoms with Crippen LogP contribution in [-0.2, 0) is 22.6 Å². The fraction of sp³-hybridized carbons (Fsp3) is 0.267. The molecule has 0 spiro atoms. The Labute approximate surface area is 211 Å². The van der Waals surface area contributed by atoms with Crippen molar-refractivity contribution in [2.75, 3.05) is 0 Å². The first kappa shape index (κ1) is 25.0. The molecule has 1 heterocycles. The summed E-state index contributed by atoms with van der Waals surface area (Å²) in [6.45, 7) is 7.96. The number of hydrogen-bond acceptors (Lipinski definition) is 5. The average molecular weight is 486 g/mol. The molecule has 6 heteroatoms. The molecule has 4 rings (SSSR count). The minimum atomic E-state index is -0.834. The third-order valence-corrected chi connectivity index (χ3v) is 6.11. The number of aliphatic hydroxyl groups excluding tert-OH is 1. The molecule has 1 fully saturated rings. The number of ketones is 1. The van der Waals surface area contributed by atoms with Gasteiger partial charge in [0.2, 0.25) is 0 Å². The van der Waals surface area contributed by atoms with Crippen LogP contribution in [0.2, 0.25) is 0 Å². The Morgan fingerprint density at radius 3 is 2.19 bits per heavy atom. The molecule has 2 N–H and O–H groups in total. The van der Waals surface area contributed by atoms with Crippen molar-refractivity contribution in [3.63, 3.8) is 0 Å². The fourth-order valence-electron chi connectivity index (χ4n) is 4.35. The van der Waals surface area contributed by atoms with Gasteiger partial charge in [0.1, 0.15) is 22.9 Å². The Hall–Kier alpha value is -4.06. The maximum atomic E-state index is 13.3. The van der Waals surface area contributed by atoms with Crippen LogP contribution in [0, 0.1) is 0 Å². The summed E-state index contributed by atoms with van der Waals surface area (Å²) in [5, 5.41) is 21.1. The lowest BCUT2D eigenvalue weighted by molar-refractivity contribution is -0.140. The van der Waals surface area contributed by atoms with Gasteiger partial charge in [0.15, 0.2) is 0 Å². The number of benzene rings is 3. The van der Waals surface area contributed by atoms with E-state index in [0.29, 0.717) is 16.9 Å². The molecule has 1 aliphatic rings. The molecule has 1 amide bonds. The zero-order valence-corrected chi connectivity index (χ0v) is 21.0. The second-order valence-corrected chi connectivity index (χ2v) is 9.89. The number of para-hydroxylation sites is 1. The zero-order chi connectivity index (χ0) is 26.0. The lowest BCUT2D eigenvalue weighted by atomic mass is 9.94. The molecule has 3 aromatic carbocycles. The second kappa shape index (κ2) is 9.90. The first-order valence-electron chi connectivity index (χ1n) is 12.0. The summed E-state index contributed by atoms with van der Waals surface area (Å²) in [4.78, 5) is 28.1. The highest BCUT2D eigenvalue weighted by atomic mass is 16.5. The van der Waals surface area contributed by atoms with Gasteiger partial charge in [-0.15, -0.1) is 0 Å². The highest BCUT2D eigenvalue weighted by molar-refractivity contribution is 6.46. The Kier molecular flexibility index (Phi) is 6.88. The Morgan fingerprint density at radius 1 is 0.944 bits per heavy atom. The summed E-state index contributed by atoms with van der Waals surface area (Å²) in [5.74, 6) is -0.998. The van der Waals surface area contributed by atoms with E-state index < -0.39 is 23.3 Å². The van der Waals surface area contributed by atoms with Crippen LogP contribution >= 0.6 is 0 Å². The van der Waals surface area contributed by atoms with Gasteiger partial charge in [-0.1, -0.05) is 61.5 Å². The van der Waals surface area contributed by atoms with E-state index in [1.54, 1.807) is 24.3 Å². The summed E-state index contributed by atoms with van der Waals surface area (Å²) in [6.07, 6.45) is 0.842. The number of aromatic hydroxyl groups is 1. The Bertz CT molecular complexity index is 1300. The van der Waals surface area contributed by atoms with Gasteiger partial charge in [-0.2, -0.15) is 0 Å². The van der Waals surface area contributed by atoms with E-state index in [1.807, 2.05) is 64.1 Å². The third kappa shape index (κ3) is 5.13. The van der Waals surface area contributed by atoms with Crippen molar-refractivity contribution in [1.82, 2.24) is 4.90 Å². The monoisotopic (exact) mass is 485 g/mol. The molecule has 1 atom stereocenters. The van der Waals surface area contributed by atoms with Crippen LogP contribution in [0.1, 0.15) is 56.0 Å². The van der Waals surface area contributed by atoms with E-state index in [1.165, 1.54) is 17.0 Å². The number of carbonyl (C=O) groups is 2. The van der Waals surface area contributed by atoms with Crippen molar-refractivity contribution >= 4 is 17.4 Å². The highest BCUT2D eigenvalue weighted by Gasteiger charge is 2.46. The number of rotatable bonds is 6. The molecular formula is C30H31NO5. The molecule has 36 heavy (non-hydrogen) atoms. The number of amides is 1. The molecule has 0 radical (unpaired) electrons. The van der Waals surface area contributed by atoms with Crippen LogP contribution < -0.4 is 4.74 Å². The van der Waals surface area contributed by atoms with Gasteiger partial charge >= 0.3 is 0 Å². The summed E-state index contributed by atoms with van der Waals surface area (Å²) < 4.78 is 6.11. The predicted octanol–water partition coefficient (Wildman–Crippen LogP) is 5.75. The number of carbonyl (C=O) groups excluding carboxylic acids is 2. The van der Waals surface area contributed by atoms with Crippen molar-refractivity contribution in [2.24, 2.45) is 0 Å². The van der Waals surface area contributed by atoms with Crippen molar-refractivity contribution in [3.8, 4) is 11.5 Å². The van der Waals surface area contributed by atoms with Crippen molar-refractivity contribution in [3.05, 3.63) is 101 Å². The normalized spacial score (nSPS) is 17.4. The Morgan fingerprint density at radius 2 is 1.58 bits per heavy atom. The molecule has 6 nitrogen and oxygen atoms in total. The topological polar surface area (TPSA) is 87.1 Å². The van der Waals surface area contributed by atoms with Gasteiger partial charge < -0.3 is 19.8 Å². The predicted molar refractivity (Wildman–Crippen MR) is 139 cm³/mol. The molecule has 3 aromatic rings. The number of aliphatic hydroxyl groups is 1. The number of Topliss-reactive ketones (excluding diaryl/α,β-unsaturated/α-hetero) is 1. The largest absolute Gasteiger partial charge is 0.508 e. The number of phenols is 1. The summed E-state index contributed by atoms with van der Waals surface area (Å²) in [6, 6.07) is 20.2. The SMILES string of the molecule is CCc1ccc(/C(O)=C2\C(=O)C(=O)N(Cc3ccccc3OC(C)(C)C)C2c2ccc(O)cc2)cc1. The van der Waals surface area contributed by atoms with Crippen LogP contribution in [0.5, 0.6) is 11.5 Å². The number of likely N-dealkylation sites (tertiary alicyclic amines) is 1. The number of hydrogen-bond donors (Lipinski definition) is 2. The van der Waals surface area contributed by atoms with Gasteiger partial charge in [-0.05, 0) is 56.5 Å². The fourth-order valence-corrected chi connectivity index (χ4v) is 4.35. The number of ether oxygens (including phenoxy) is 1. The van der Waals surface area contributed by atoms with E-state index in [9.17, 15) is 19.8 Å². The van der Waals surface area contributed by atoms with Crippen LogP contribution in [-0.4, -0.2) is 32.4 Å². The molecule has 0 aromatic heterocycles. The molecule has 1 saturated heterocycles. The van der Waals surface area contributed by atoms with E-state index >= 15 is 0 Å². The highest BCUT2D eigenvalue weighted by Crippen LogP contribution is 2.41. The van der Waals surface area contributed by atoms with Gasteiger partial charge in [0, 0.05) is 11.1 Å². The molecule has 0 aliphatic carbocycles. The first-order valence-corrected chi connectivity index (χ1v) is 12.0. The van der Waals surface area contributed by atoms with Gasteiger partial charge in [0.05, 0.1) is 18.2 Å². The molecule has 1 aliphatic heterocycles. The van der Waals surface area contributed by atoms with E-state index in [4.69, 9.17) is 4.74 Å². The number of phenolic OH excluding ortho intramolecular Hbond substituents is 1. The van der Waals surface area contributed by atoms with Crippen LogP contribution in [0.15, 0.2) is 78.4 Å². The smallest absolute Gasteiger partial charge is 0.295 e. The van der Waals surface area contributed by atoms with Gasteiger partial charge in [-0.25, -0.2) is 0 Å². The van der Waals surface area contributed by atoms with Crippen molar-refractivity contribution in [1.29, 1.82) is 0 Å². The molecule has 0 saturated carbocycles. The average Bonchev–Trinajstić information content (AvgIpc) is 3.09. The minimum Gasteiger partial charge on any atom is -0.508 e. The summed E-state index contributed by atoms with van der Waals surface area (Å²) in [7, 11) is 0. The van der Waals surface area contributed by atoms with E-state index in [-0.39, 0.29) is 23.6 Å². The standard InChI is InChI=1S/C30H31NO5/c1-5-19-10-12-21(13-11-19)27(33)25-26(20-14-16-23(32)17-15-20)31(29(35)28(25)34)18-22-8-6-7-9-24(22)36-30(2,3)4/h6-17,26,32-33H,5,18H2,1-4H3/b27-25+. The Balaban J connectivity index is 1.83. The maximum Gasteiger partial charge on any atom is 0.295 e. The van der Waals surface area contributed by atoms with Crippen LogP contribution in [0.4, 0.5) is 0 Å². The summed E-state index contributed by atoms with van der Waals surface area (Å²) in [5.41, 5.74) is 2.47. The van der Waals surface area contributed by atoms with E-state index in [2.05, 4.69) is 0 Å². The second-order valence-electron chi connectivity index (χ2n) is 9.89. The lowest BCUT2D eigenvalue weighted by Gasteiger charge is -2.28. The quantitative estimate of drug-likeness (QED) is 0.264. The summed E-state index contributed by atoms with van der Waals surface area (Å²) >= 11 is 0. The van der Waals surface area contributed by atoms with Crippen LogP contribution in [0.25, 0.3) is 5.76 Å². The van der Waals surface area contributed by atoms with E-state index in [0.717, 1.165) is 17.5 Å². The minimum absolute atomic E-state index is 0.0177. The van der Waals surface area contributed by atoms with Gasteiger partial charge in [-0.3, -0.25) is 9.59 Å². The van der Waals surface area contributed by atoms with Crippen molar-refractivity contribution < 1.29 is 24.5 Å². The molecular weight excluding hydrogens is 454 g/mol. The number of aryl methyl sites for hydroxylation is 1. The third-order valence-electron chi connectivity index (χ3n) is 6.11. The van der Waals surface area contributed by atoms with Gasteiger partial charge in [0.25, 0.3) is 11.7 Å². The maximum absolute atomic E-state index is 13.3. The number of nitrogens with zero attached hydrogens (tertiary/aromatic N) is 1. The molecule has 0 bridgehead atoms. The lowest BCUT2D eigenvalue weighted by Crippen LogP contribution is -2.30.